The molecule has 0 aliphatic carbocycles. The second kappa shape index (κ2) is 6.10. The van der Waals surface area contributed by atoms with E-state index in [1.165, 1.54) is 0 Å². The van der Waals surface area contributed by atoms with Crippen LogP contribution in [-0.4, -0.2) is 40.2 Å². The highest BCUT2D eigenvalue weighted by Gasteiger charge is 2.42. The van der Waals surface area contributed by atoms with Gasteiger partial charge in [0, 0.05) is 28.8 Å². The molecule has 1 aromatic carbocycles. The second-order valence-electron chi connectivity index (χ2n) is 6.03. The van der Waals surface area contributed by atoms with Crippen LogP contribution in [0.15, 0.2) is 29.2 Å². The van der Waals surface area contributed by atoms with Crippen LogP contribution in [0.4, 0.5) is 0 Å². The zero-order valence-electron chi connectivity index (χ0n) is 12.6. The molecule has 1 unspecified atom stereocenters. The number of carboxylic acids is 1. The number of nitrogens with zero attached hydrogens (tertiary/aromatic N) is 1. The van der Waals surface area contributed by atoms with Crippen molar-refractivity contribution in [1.29, 1.82) is 0 Å². The van der Waals surface area contributed by atoms with E-state index in [9.17, 15) is 14.7 Å². The molecule has 0 radical (unpaired) electrons. The second-order valence-corrected chi connectivity index (χ2v) is 7.68. The van der Waals surface area contributed by atoms with Crippen molar-refractivity contribution in [2.45, 2.75) is 37.3 Å². The summed E-state index contributed by atoms with van der Waals surface area (Å²) in [5.41, 5.74) is -0.193. The molecule has 5 heteroatoms. The van der Waals surface area contributed by atoms with Crippen LogP contribution >= 0.6 is 11.8 Å². The lowest BCUT2D eigenvalue weighted by atomic mass is 9.90. The molecule has 1 N–H and O–H groups in total. The Balaban J connectivity index is 2.06. The summed E-state index contributed by atoms with van der Waals surface area (Å²) in [6.07, 6.45) is 0.509. The van der Waals surface area contributed by atoms with Crippen molar-refractivity contribution in [3.8, 4) is 0 Å². The van der Waals surface area contributed by atoms with Gasteiger partial charge < -0.3 is 10.0 Å². The third kappa shape index (κ3) is 3.59. The van der Waals surface area contributed by atoms with Gasteiger partial charge in [-0.15, -0.1) is 11.8 Å². The first-order chi connectivity index (χ1) is 9.82. The van der Waals surface area contributed by atoms with Crippen molar-refractivity contribution in [3.05, 3.63) is 29.8 Å². The number of carboxylic acid groups (broad SMARTS) is 1. The van der Waals surface area contributed by atoms with Crippen molar-refractivity contribution >= 4 is 23.6 Å². The van der Waals surface area contributed by atoms with E-state index in [0.29, 0.717) is 23.8 Å². The van der Waals surface area contributed by atoms with Crippen molar-refractivity contribution in [2.24, 2.45) is 5.41 Å². The van der Waals surface area contributed by atoms with Gasteiger partial charge in [-0.1, -0.05) is 13.8 Å². The first-order valence-electron chi connectivity index (χ1n) is 7.11. The van der Waals surface area contributed by atoms with E-state index >= 15 is 0 Å². The molecule has 0 spiro atoms. The Morgan fingerprint density at radius 2 is 1.90 bits per heavy atom. The average Bonchev–Trinajstić information content (AvgIpc) is 2.82. The topological polar surface area (TPSA) is 57.6 Å². The molecule has 1 saturated heterocycles. The molecular formula is C16H21NO3S. The van der Waals surface area contributed by atoms with E-state index in [1.807, 2.05) is 24.3 Å². The Hall–Kier alpha value is -1.49. The van der Waals surface area contributed by atoms with E-state index in [1.54, 1.807) is 23.6 Å². The molecule has 0 bridgehead atoms. The van der Waals surface area contributed by atoms with E-state index in [-0.39, 0.29) is 12.5 Å². The monoisotopic (exact) mass is 307 g/mol. The minimum Gasteiger partial charge on any atom is -0.481 e. The standard InChI is InChI=1S/C16H21NO3S/c1-11(2)21-13-6-4-12(5-7-13)14(18)17-9-8-16(3,10-17)15(19)20/h4-7,11H,8-10H2,1-3H3,(H,19,20). The molecule has 4 nitrogen and oxygen atoms in total. The molecule has 1 aliphatic rings. The van der Waals surface area contributed by atoms with Crippen LogP contribution in [0, 0.1) is 5.41 Å². The number of rotatable bonds is 4. The first-order valence-corrected chi connectivity index (χ1v) is 7.99. The largest absolute Gasteiger partial charge is 0.481 e. The number of hydrogen-bond acceptors (Lipinski definition) is 3. The molecule has 2 rings (SSSR count). The number of carbonyl (C=O) groups is 2. The van der Waals surface area contributed by atoms with Gasteiger partial charge in [0.05, 0.1) is 5.41 Å². The maximum Gasteiger partial charge on any atom is 0.311 e. The van der Waals surface area contributed by atoms with E-state index in [2.05, 4.69) is 13.8 Å². The fraction of sp³-hybridized carbons (Fsp3) is 0.500. The Bertz CT molecular complexity index is 541. The van der Waals surface area contributed by atoms with Gasteiger partial charge in [-0.3, -0.25) is 9.59 Å². The molecule has 114 valence electrons. The minimum absolute atomic E-state index is 0.0823. The summed E-state index contributed by atoms with van der Waals surface area (Å²) in [5.74, 6) is -0.914. The third-order valence-corrected chi connectivity index (χ3v) is 4.77. The summed E-state index contributed by atoms with van der Waals surface area (Å²) in [6, 6.07) is 7.54. The molecule has 1 atom stereocenters. The highest BCUT2D eigenvalue weighted by molar-refractivity contribution is 7.99. The quantitative estimate of drug-likeness (QED) is 0.868. The molecule has 1 fully saturated rings. The van der Waals surface area contributed by atoms with Gasteiger partial charge in [0.25, 0.3) is 5.91 Å². The fourth-order valence-corrected chi connectivity index (χ4v) is 3.28. The van der Waals surface area contributed by atoms with Crippen LogP contribution in [0.5, 0.6) is 0 Å². The lowest BCUT2D eigenvalue weighted by Gasteiger charge is -2.20. The van der Waals surface area contributed by atoms with Crippen LogP contribution < -0.4 is 0 Å². The number of thioether (sulfide) groups is 1. The van der Waals surface area contributed by atoms with Crippen LogP contribution in [-0.2, 0) is 4.79 Å². The highest BCUT2D eigenvalue weighted by atomic mass is 32.2. The van der Waals surface area contributed by atoms with E-state index < -0.39 is 11.4 Å². The minimum atomic E-state index is -0.832. The number of benzene rings is 1. The zero-order valence-corrected chi connectivity index (χ0v) is 13.4. The van der Waals surface area contributed by atoms with E-state index in [0.717, 1.165) is 4.90 Å². The lowest BCUT2D eigenvalue weighted by Crippen LogP contribution is -2.34. The molecule has 1 aliphatic heterocycles. The molecule has 1 amide bonds. The summed E-state index contributed by atoms with van der Waals surface area (Å²) < 4.78 is 0. The number of hydrogen-bond donors (Lipinski definition) is 1. The summed E-state index contributed by atoms with van der Waals surface area (Å²) in [6.45, 7) is 6.74. The maximum absolute atomic E-state index is 12.4. The van der Waals surface area contributed by atoms with Gasteiger partial charge in [0.15, 0.2) is 0 Å². The smallest absolute Gasteiger partial charge is 0.311 e. The van der Waals surface area contributed by atoms with Gasteiger partial charge in [-0.05, 0) is 37.6 Å². The Labute approximate surface area is 129 Å². The van der Waals surface area contributed by atoms with Crippen LogP contribution in [0.2, 0.25) is 0 Å². The third-order valence-electron chi connectivity index (χ3n) is 3.75. The zero-order chi connectivity index (χ0) is 15.6. The van der Waals surface area contributed by atoms with Crippen LogP contribution in [0.25, 0.3) is 0 Å². The molecule has 1 heterocycles. The molecule has 21 heavy (non-hydrogen) atoms. The van der Waals surface area contributed by atoms with Gasteiger partial charge in [-0.25, -0.2) is 0 Å². The molecular weight excluding hydrogens is 286 g/mol. The van der Waals surface area contributed by atoms with Gasteiger partial charge >= 0.3 is 5.97 Å². The first kappa shape index (κ1) is 15.9. The van der Waals surface area contributed by atoms with Gasteiger partial charge in [0.2, 0.25) is 0 Å². The van der Waals surface area contributed by atoms with E-state index in [4.69, 9.17) is 0 Å². The lowest BCUT2D eigenvalue weighted by molar-refractivity contribution is -0.147. The van der Waals surface area contributed by atoms with Crippen molar-refractivity contribution in [2.75, 3.05) is 13.1 Å². The van der Waals surface area contributed by atoms with Crippen molar-refractivity contribution in [1.82, 2.24) is 4.90 Å². The van der Waals surface area contributed by atoms with Gasteiger partial charge in [0.1, 0.15) is 0 Å². The Kier molecular flexibility index (Phi) is 4.61. The fourth-order valence-electron chi connectivity index (χ4n) is 2.44. The predicted octanol–water partition coefficient (Wildman–Crippen LogP) is 3.12. The summed E-state index contributed by atoms with van der Waals surface area (Å²) in [7, 11) is 0. The SMILES string of the molecule is CC(C)Sc1ccc(C(=O)N2CCC(C)(C(=O)O)C2)cc1. The number of aliphatic carboxylic acids is 1. The number of amides is 1. The molecule has 1 aromatic rings. The summed E-state index contributed by atoms with van der Waals surface area (Å²) >= 11 is 1.75. The maximum atomic E-state index is 12.4. The summed E-state index contributed by atoms with van der Waals surface area (Å²) in [5, 5.41) is 9.72. The normalized spacial score (nSPS) is 21.8. The van der Waals surface area contributed by atoms with Gasteiger partial charge in [-0.2, -0.15) is 0 Å². The number of carbonyl (C=O) groups excluding carboxylic acids is 1. The number of likely N-dealkylation sites (tertiary alicyclic amines) is 1. The molecule has 0 saturated carbocycles. The highest BCUT2D eigenvalue weighted by Crippen LogP contribution is 2.31. The van der Waals surface area contributed by atoms with Crippen LogP contribution in [0.3, 0.4) is 0 Å². The molecule has 0 aromatic heterocycles. The Morgan fingerprint density at radius 3 is 2.38 bits per heavy atom. The Morgan fingerprint density at radius 1 is 1.29 bits per heavy atom. The van der Waals surface area contributed by atoms with Crippen LogP contribution in [0.1, 0.15) is 37.6 Å². The van der Waals surface area contributed by atoms with Crippen molar-refractivity contribution in [3.63, 3.8) is 0 Å². The summed E-state index contributed by atoms with van der Waals surface area (Å²) in [4.78, 5) is 26.4. The van der Waals surface area contributed by atoms with Crippen molar-refractivity contribution < 1.29 is 14.7 Å². The predicted molar refractivity (Wildman–Crippen MR) is 83.7 cm³/mol. The average molecular weight is 307 g/mol.